The fourth-order valence-electron chi connectivity index (χ4n) is 3.23. The van der Waals surface area contributed by atoms with E-state index in [1.54, 1.807) is 24.3 Å². The number of carbonyl (C=O) groups is 3. The van der Waals surface area contributed by atoms with Gasteiger partial charge in [0.15, 0.2) is 10.9 Å². The van der Waals surface area contributed by atoms with Gasteiger partial charge in [0.1, 0.15) is 0 Å². The van der Waals surface area contributed by atoms with Crippen LogP contribution in [0.2, 0.25) is 0 Å². The van der Waals surface area contributed by atoms with E-state index < -0.39 is 0 Å². The first kappa shape index (κ1) is 20.0. The fraction of sp³-hybridized carbons (Fsp3) is 0.217. The van der Waals surface area contributed by atoms with E-state index >= 15 is 0 Å². The van der Waals surface area contributed by atoms with Crippen molar-refractivity contribution in [1.29, 1.82) is 0 Å². The van der Waals surface area contributed by atoms with Crippen molar-refractivity contribution in [3.05, 3.63) is 65.0 Å². The number of ketones is 1. The third-order valence-electron chi connectivity index (χ3n) is 5.05. The van der Waals surface area contributed by atoms with E-state index in [1.165, 1.54) is 6.92 Å². The summed E-state index contributed by atoms with van der Waals surface area (Å²) < 4.78 is 0. The lowest BCUT2D eigenvalue weighted by atomic mass is 10.1. The normalized spacial score (nSPS) is 17.3. The van der Waals surface area contributed by atoms with Gasteiger partial charge in [-0.15, -0.1) is 0 Å². The lowest BCUT2D eigenvalue weighted by Crippen LogP contribution is -2.16. The molecule has 0 radical (unpaired) electrons. The number of thiazole rings is 1. The highest BCUT2D eigenvalue weighted by atomic mass is 32.1. The van der Waals surface area contributed by atoms with Crippen molar-refractivity contribution in [3.8, 4) is 11.3 Å². The van der Waals surface area contributed by atoms with Gasteiger partial charge in [-0.05, 0) is 30.5 Å². The molecule has 152 valence electrons. The highest BCUT2D eigenvalue weighted by Crippen LogP contribution is 2.38. The van der Waals surface area contributed by atoms with Crippen molar-refractivity contribution >= 4 is 39.8 Å². The van der Waals surface area contributed by atoms with Gasteiger partial charge in [0.25, 0.3) is 5.91 Å². The first-order valence-electron chi connectivity index (χ1n) is 9.72. The quantitative estimate of drug-likeness (QED) is 0.559. The SMILES string of the molecule is CC(=O)c1sc(NC(=O)c2cccc(NC(=O)C3CC3C)c2)nc1-c1ccccc1. The van der Waals surface area contributed by atoms with Gasteiger partial charge in [-0.25, -0.2) is 4.98 Å². The number of carbonyl (C=O) groups excluding carboxylic acids is 3. The van der Waals surface area contributed by atoms with E-state index in [0.29, 0.717) is 32.9 Å². The summed E-state index contributed by atoms with van der Waals surface area (Å²) in [6, 6.07) is 16.2. The topological polar surface area (TPSA) is 88.2 Å². The van der Waals surface area contributed by atoms with Crippen molar-refractivity contribution in [2.45, 2.75) is 20.3 Å². The van der Waals surface area contributed by atoms with Crippen LogP contribution >= 0.6 is 11.3 Å². The summed E-state index contributed by atoms with van der Waals surface area (Å²) in [5.74, 6) is -0.00585. The zero-order valence-corrected chi connectivity index (χ0v) is 17.5. The highest BCUT2D eigenvalue weighted by Gasteiger charge is 2.39. The molecule has 4 rings (SSSR count). The molecule has 2 unspecified atom stereocenters. The van der Waals surface area contributed by atoms with Crippen molar-refractivity contribution in [1.82, 2.24) is 4.98 Å². The van der Waals surface area contributed by atoms with E-state index in [1.807, 2.05) is 37.3 Å². The fourth-order valence-corrected chi connectivity index (χ4v) is 4.11. The molecule has 1 aliphatic carbocycles. The molecule has 1 aromatic heterocycles. The van der Waals surface area contributed by atoms with E-state index in [2.05, 4.69) is 15.6 Å². The number of amides is 2. The third-order valence-corrected chi connectivity index (χ3v) is 6.12. The minimum absolute atomic E-state index is 0.0152. The molecule has 0 bridgehead atoms. The molecule has 0 spiro atoms. The Labute approximate surface area is 178 Å². The standard InChI is InChI=1S/C23H21N3O3S/c1-13-11-18(13)22(29)24-17-10-6-9-16(12-17)21(28)26-23-25-19(20(30-23)14(2)27)15-7-4-3-5-8-15/h3-10,12-13,18H,11H2,1-2H3,(H,24,29)(H,25,26,28). The molecule has 0 aliphatic heterocycles. The summed E-state index contributed by atoms with van der Waals surface area (Å²) in [5.41, 5.74) is 2.36. The minimum Gasteiger partial charge on any atom is -0.326 e. The number of nitrogens with zero attached hydrogens (tertiary/aromatic N) is 1. The van der Waals surface area contributed by atoms with Crippen LogP contribution in [0.5, 0.6) is 0 Å². The average Bonchev–Trinajstić information content (AvgIpc) is 3.32. The van der Waals surface area contributed by atoms with E-state index in [4.69, 9.17) is 0 Å². The van der Waals surface area contributed by atoms with Crippen LogP contribution in [0, 0.1) is 11.8 Å². The molecular formula is C23H21N3O3S. The van der Waals surface area contributed by atoms with Crippen LogP contribution in [-0.4, -0.2) is 22.6 Å². The Balaban J connectivity index is 1.52. The summed E-state index contributed by atoms with van der Waals surface area (Å²) in [7, 11) is 0. The Kier molecular flexibility index (Phi) is 5.46. The van der Waals surface area contributed by atoms with Gasteiger partial charge in [0.2, 0.25) is 5.91 Å². The predicted octanol–water partition coefficient (Wildman–Crippen LogP) is 4.86. The Bertz CT molecular complexity index is 1120. The van der Waals surface area contributed by atoms with Gasteiger partial charge in [-0.2, -0.15) is 0 Å². The second-order valence-electron chi connectivity index (χ2n) is 7.46. The number of anilines is 2. The van der Waals surface area contributed by atoms with Gasteiger partial charge in [-0.3, -0.25) is 19.7 Å². The van der Waals surface area contributed by atoms with Gasteiger partial charge < -0.3 is 5.32 Å². The molecule has 30 heavy (non-hydrogen) atoms. The number of benzene rings is 2. The van der Waals surface area contributed by atoms with E-state index in [0.717, 1.165) is 23.3 Å². The van der Waals surface area contributed by atoms with Crippen LogP contribution in [0.25, 0.3) is 11.3 Å². The lowest BCUT2D eigenvalue weighted by molar-refractivity contribution is -0.117. The van der Waals surface area contributed by atoms with Crippen molar-refractivity contribution in [2.75, 3.05) is 10.6 Å². The first-order valence-corrected chi connectivity index (χ1v) is 10.5. The summed E-state index contributed by atoms with van der Waals surface area (Å²) in [5, 5.41) is 5.99. The molecule has 2 atom stereocenters. The summed E-state index contributed by atoms with van der Waals surface area (Å²) >= 11 is 1.15. The Morgan fingerprint density at radius 2 is 1.77 bits per heavy atom. The largest absolute Gasteiger partial charge is 0.326 e. The molecule has 0 saturated heterocycles. The van der Waals surface area contributed by atoms with Crippen LogP contribution < -0.4 is 10.6 Å². The Morgan fingerprint density at radius 3 is 2.43 bits per heavy atom. The highest BCUT2D eigenvalue weighted by molar-refractivity contribution is 7.18. The number of hydrogen-bond donors (Lipinski definition) is 2. The lowest BCUT2D eigenvalue weighted by Gasteiger charge is -2.07. The molecule has 6 nitrogen and oxygen atoms in total. The molecule has 2 amide bonds. The molecular weight excluding hydrogens is 398 g/mol. The molecule has 1 heterocycles. The van der Waals surface area contributed by atoms with Crippen LogP contribution in [-0.2, 0) is 4.79 Å². The maximum Gasteiger partial charge on any atom is 0.257 e. The van der Waals surface area contributed by atoms with Gasteiger partial charge in [0, 0.05) is 29.7 Å². The van der Waals surface area contributed by atoms with Gasteiger partial charge >= 0.3 is 0 Å². The monoisotopic (exact) mass is 419 g/mol. The predicted molar refractivity (Wildman–Crippen MR) is 118 cm³/mol. The Hall–Kier alpha value is -3.32. The number of nitrogens with one attached hydrogen (secondary N) is 2. The summed E-state index contributed by atoms with van der Waals surface area (Å²) in [4.78, 5) is 41.9. The Morgan fingerprint density at radius 1 is 1.03 bits per heavy atom. The molecule has 3 aromatic rings. The smallest absolute Gasteiger partial charge is 0.257 e. The van der Waals surface area contributed by atoms with Crippen LogP contribution in [0.1, 0.15) is 40.3 Å². The zero-order valence-electron chi connectivity index (χ0n) is 16.6. The maximum absolute atomic E-state index is 12.7. The van der Waals surface area contributed by atoms with Crippen LogP contribution in [0.4, 0.5) is 10.8 Å². The van der Waals surface area contributed by atoms with Crippen molar-refractivity contribution in [3.63, 3.8) is 0 Å². The number of aromatic nitrogens is 1. The average molecular weight is 420 g/mol. The van der Waals surface area contributed by atoms with Crippen molar-refractivity contribution in [2.24, 2.45) is 11.8 Å². The van der Waals surface area contributed by atoms with E-state index in [-0.39, 0.29) is 23.5 Å². The summed E-state index contributed by atoms with van der Waals surface area (Å²) in [6.45, 7) is 3.53. The number of Topliss-reactive ketones (excluding diaryl/α,β-unsaturated/α-hetero) is 1. The second kappa shape index (κ2) is 8.20. The third kappa shape index (κ3) is 4.31. The maximum atomic E-state index is 12.7. The first-order chi connectivity index (χ1) is 14.4. The molecule has 1 saturated carbocycles. The molecule has 2 N–H and O–H groups in total. The minimum atomic E-state index is -0.352. The van der Waals surface area contributed by atoms with E-state index in [9.17, 15) is 14.4 Å². The number of hydrogen-bond acceptors (Lipinski definition) is 5. The van der Waals surface area contributed by atoms with Gasteiger partial charge in [-0.1, -0.05) is 54.7 Å². The summed E-state index contributed by atoms with van der Waals surface area (Å²) in [6.07, 6.45) is 0.901. The molecule has 1 aliphatic rings. The van der Waals surface area contributed by atoms with Crippen LogP contribution in [0.3, 0.4) is 0 Å². The molecule has 2 aromatic carbocycles. The van der Waals surface area contributed by atoms with Gasteiger partial charge in [0.05, 0.1) is 10.6 Å². The molecule has 1 fully saturated rings. The molecule has 7 heteroatoms. The zero-order chi connectivity index (χ0) is 21.3. The van der Waals surface area contributed by atoms with Crippen molar-refractivity contribution < 1.29 is 14.4 Å². The second-order valence-corrected chi connectivity index (χ2v) is 8.46. The van der Waals surface area contributed by atoms with Crippen LogP contribution in [0.15, 0.2) is 54.6 Å². The number of rotatable bonds is 6.